The minimum Gasteiger partial charge on any atom is -0.396 e. The van der Waals surface area contributed by atoms with Crippen molar-refractivity contribution in [3.8, 4) is 0 Å². The summed E-state index contributed by atoms with van der Waals surface area (Å²) < 4.78 is 30.6. The van der Waals surface area contributed by atoms with Gasteiger partial charge in [-0.2, -0.15) is 0 Å². The van der Waals surface area contributed by atoms with Crippen molar-refractivity contribution in [2.75, 3.05) is 52.0 Å². The monoisotopic (exact) mass is 301 g/mol. The molecule has 114 valence electrons. The van der Waals surface area contributed by atoms with Gasteiger partial charge in [0.15, 0.2) is 0 Å². The molecule has 0 spiro atoms. The minimum atomic E-state index is -3.53. The highest BCUT2D eigenvalue weighted by Gasteiger charge is 2.22. The Labute approximate surface area is 121 Å². The average molecular weight is 301 g/mol. The molecule has 0 bridgehead atoms. The second-order valence-corrected chi connectivity index (χ2v) is 6.86. The number of benzene rings is 1. The molecule has 0 radical (unpaired) electrons. The maximum Gasteiger partial charge on any atom is 0.244 e. The third-order valence-electron chi connectivity index (χ3n) is 3.05. The first-order valence-corrected chi connectivity index (χ1v) is 7.77. The van der Waals surface area contributed by atoms with E-state index >= 15 is 0 Å². The summed E-state index contributed by atoms with van der Waals surface area (Å²) in [7, 11) is 2.98. The summed E-state index contributed by atoms with van der Waals surface area (Å²) in [4.78, 5) is 2.07. The van der Waals surface area contributed by atoms with Gasteiger partial charge in [-0.25, -0.2) is 12.7 Å². The lowest BCUT2D eigenvalue weighted by Gasteiger charge is -2.23. The van der Waals surface area contributed by atoms with E-state index in [9.17, 15) is 8.42 Å². The SMILES string of the molecule is COCCCN(C)c1cccc(S(=O)(=O)N(C)C)c1N. The van der Waals surface area contributed by atoms with Crippen LogP contribution in [0.3, 0.4) is 0 Å². The fourth-order valence-corrected chi connectivity index (χ4v) is 2.88. The van der Waals surface area contributed by atoms with Crippen LogP contribution in [0.5, 0.6) is 0 Å². The van der Waals surface area contributed by atoms with Crippen LogP contribution in [0, 0.1) is 0 Å². The summed E-state index contributed by atoms with van der Waals surface area (Å²) in [6, 6.07) is 5.04. The summed E-state index contributed by atoms with van der Waals surface area (Å²) >= 11 is 0. The van der Waals surface area contributed by atoms with Gasteiger partial charge in [0, 0.05) is 41.4 Å². The molecule has 7 heteroatoms. The molecule has 0 heterocycles. The van der Waals surface area contributed by atoms with E-state index in [1.807, 2.05) is 18.0 Å². The van der Waals surface area contributed by atoms with Crippen molar-refractivity contribution in [2.24, 2.45) is 0 Å². The van der Waals surface area contributed by atoms with Gasteiger partial charge >= 0.3 is 0 Å². The number of nitrogen functional groups attached to an aromatic ring is 1. The normalized spacial score (nSPS) is 11.8. The number of para-hydroxylation sites is 1. The summed E-state index contributed by atoms with van der Waals surface area (Å²) in [6.45, 7) is 1.39. The third kappa shape index (κ3) is 3.62. The summed E-state index contributed by atoms with van der Waals surface area (Å²) in [5, 5.41) is 0. The topological polar surface area (TPSA) is 75.9 Å². The summed E-state index contributed by atoms with van der Waals surface area (Å²) in [6.07, 6.45) is 0.844. The average Bonchev–Trinajstić information content (AvgIpc) is 2.38. The van der Waals surface area contributed by atoms with Crippen LogP contribution in [-0.2, 0) is 14.8 Å². The molecule has 2 N–H and O–H groups in total. The van der Waals surface area contributed by atoms with Crippen molar-refractivity contribution in [1.29, 1.82) is 0 Å². The van der Waals surface area contributed by atoms with Gasteiger partial charge in [0.05, 0.1) is 11.4 Å². The molecule has 6 nitrogen and oxygen atoms in total. The Morgan fingerprint density at radius 3 is 2.45 bits per heavy atom. The van der Waals surface area contributed by atoms with Crippen molar-refractivity contribution in [3.05, 3.63) is 18.2 Å². The van der Waals surface area contributed by atoms with Crippen LogP contribution >= 0.6 is 0 Å². The summed E-state index contributed by atoms with van der Waals surface area (Å²) in [5.41, 5.74) is 7.02. The molecule has 1 aromatic rings. The second kappa shape index (κ2) is 6.92. The van der Waals surface area contributed by atoms with Gasteiger partial charge in [0.2, 0.25) is 10.0 Å². The summed E-state index contributed by atoms with van der Waals surface area (Å²) in [5.74, 6) is 0. The van der Waals surface area contributed by atoms with E-state index < -0.39 is 10.0 Å². The molecule has 1 aromatic carbocycles. The maximum atomic E-state index is 12.2. The van der Waals surface area contributed by atoms with E-state index in [0.29, 0.717) is 12.3 Å². The molecule has 0 saturated heterocycles. The van der Waals surface area contributed by atoms with Crippen molar-refractivity contribution < 1.29 is 13.2 Å². The number of ether oxygens (including phenoxy) is 1. The maximum absolute atomic E-state index is 12.2. The van der Waals surface area contributed by atoms with Crippen LogP contribution in [0.15, 0.2) is 23.1 Å². The molecule has 0 aliphatic heterocycles. The molecule has 20 heavy (non-hydrogen) atoms. The smallest absolute Gasteiger partial charge is 0.244 e. The van der Waals surface area contributed by atoms with Gasteiger partial charge in [-0.1, -0.05) is 6.07 Å². The van der Waals surface area contributed by atoms with Crippen LogP contribution in [0.1, 0.15) is 6.42 Å². The standard InChI is InChI=1S/C13H23N3O3S/c1-15(2)20(17,18)12-8-5-7-11(13(12)14)16(3)9-6-10-19-4/h5,7-8H,6,9-10,14H2,1-4H3. The zero-order chi connectivity index (χ0) is 15.3. The van der Waals surface area contributed by atoms with Crippen LogP contribution in [-0.4, -0.2) is 54.1 Å². The zero-order valence-corrected chi connectivity index (χ0v) is 13.3. The number of rotatable bonds is 7. The van der Waals surface area contributed by atoms with Crippen molar-refractivity contribution >= 4 is 21.4 Å². The number of hydrogen-bond acceptors (Lipinski definition) is 5. The van der Waals surface area contributed by atoms with E-state index in [1.165, 1.54) is 20.2 Å². The van der Waals surface area contributed by atoms with E-state index in [-0.39, 0.29) is 10.6 Å². The quantitative estimate of drug-likeness (QED) is 0.600. The highest BCUT2D eigenvalue weighted by molar-refractivity contribution is 7.89. The molecule has 1 rings (SSSR count). The molecule has 0 atom stereocenters. The van der Waals surface area contributed by atoms with Gasteiger partial charge < -0.3 is 15.4 Å². The van der Waals surface area contributed by atoms with Gasteiger partial charge in [-0.05, 0) is 18.6 Å². The lowest BCUT2D eigenvalue weighted by Crippen LogP contribution is -2.25. The lowest BCUT2D eigenvalue weighted by atomic mass is 10.2. The Kier molecular flexibility index (Phi) is 5.79. The Balaban J connectivity index is 3.07. The molecule has 0 aliphatic carbocycles. The van der Waals surface area contributed by atoms with Gasteiger partial charge in [0.1, 0.15) is 4.90 Å². The highest BCUT2D eigenvalue weighted by atomic mass is 32.2. The van der Waals surface area contributed by atoms with Crippen molar-refractivity contribution in [1.82, 2.24) is 4.31 Å². The van der Waals surface area contributed by atoms with Gasteiger partial charge in [-0.15, -0.1) is 0 Å². The number of nitrogens with two attached hydrogens (primary N) is 1. The predicted molar refractivity (Wildman–Crippen MR) is 81.5 cm³/mol. The largest absolute Gasteiger partial charge is 0.396 e. The van der Waals surface area contributed by atoms with Crippen LogP contribution < -0.4 is 10.6 Å². The predicted octanol–water partition coefficient (Wildman–Crippen LogP) is 0.992. The van der Waals surface area contributed by atoms with Gasteiger partial charge in [0.25, 0.3) is 0 Å². The number of nitrogens with zero attached hydrogens (tertiary/aromatic N) is 2. The first-order valence-electron chi connectivity index (χ1n) is 6.33. The Hall–Kier alpha value is -1.31. The lowest BCUT2D eigenvalue weighted by molar-refractivity contribution is 0.196. The number of methoxy groups -OCH3 is 1. The number of anilines is 2. The molecular weight excluding hydrogens is 278 g/mol. The van der Waals surface area contributed by atoms with Crippen molar-refractivity contribution in [2.45, 2.75) is 11.3 Å². The second-order valence-electron chi connectivity index (χ2n) is 4.74. The van der Waals surface area contributed by atoms with Gasteiger partial charge in [-0.3, -0.25) is 0 Å². The molecule has 0 fully saturated rings. The van der Waals surface area contributed by atoms with E-state index in [1.54, 1.807) is 13.2 Å². The van der Waals surface area contributed by atoms with E-state index in [4.69, 9.17) is 10.5 Å². The molecule has 0 aromatic heterocycles. The Morgan fingerprint density at radius 1 is 1.25 bits per heavy atom. The van der Waals surface area contributed by atoms with E-state index in [2.05, 4.69) is 0 Å². The minimum absolute atomic E-state index is 0.138. The molecular formula is C13H23N3O3S. The first-order chi connectivity index (χ1) is 9.32. The zero-order valence-electron chi connectivity index (χ0n) is 12.5. The van der Waals surface area contributed by atoms with E-state index in [0.717, 1.165) is 17.3 Å². The van der Waals surface area contributed by atoms with Crippen LogP contribution in [0.2, 0.25) is 0 Å². The molecule has 0 aliphatic rings. The number of sulfonamides is 1. The molecule has 0 amide bonds. The fraction of sp³-hybridized carbons (Fsp3) is 0.538. The fourth-order valence-electron chi connectivity index (χ4n) is 1.85. The first kappa shape index (κ1) is 16.7. The Bertz CT molecular complexity index is 544. The van der Waals surface area contributed by atoms with Crippen molar-refractivity contribution in [3.63, 3.8) is 0 Å². The van der Waals surface area contributed by atoms with Crippen LogP contribution in [0.4, 0.5) is 11.4 Å². The number of hydrogen-bond donors (Lipinski definition) is 1. The third-order valence-corrected chi connectivity index (χ3v) is 4.93. The van der Waals surface area contributed by atoms with Crippen LogP contribution in [0.25, 0.3) is 0 Å². The Morgan fingerprint density at radius 2 is 1.90 bits per heavy atom. The molecule has 0 unspecified atom stereocenters. The highest BCUT2D eigenvalue weighted by Crippen LogP contribution is 2.30. The molecule has 0 saturated carbocycles.